The van der Waals surface area contributed by atoms with E-state index in [0.29, 0.717) is 36.1 Å². The Balaban J connectivity index is 1.66. The number of carbonyl (C=O) groups is 1. The molecule has 0 unspecified atom stereocenters. The van der Waals surface area contributed by atoms with Crippen molar-refractivity contribution in [3.63, 3.8) is 0 Å². The number of nitrogens with zero attached hydrogens (tertiary/aromatic N) is 3. The zero-order valence-corrected chi connectivity index (χ0v) is 12.0. The molecule has 1 aliphatic rings. The third-order valence-corrected chi connectivity index (χ3v) is 3.87. The minimum absolute atomic E-state index is 0.00624. The topological polar surface area (TPSA) is 85.2 Å². The summed E-state index contributed by atoms with van der Waals surface area (Å²) < 4.78 is 5.22. The number of aromatic nitrogens is 2. The van der Waals surface area contributed by atoms with Crippen LogP contribution in [-0.2, 0) is 0 Å². The first-order valence-electron chi connectivity index (χ1n) is 7.09. The molecule has 21 heavy (non-hydrogen) atoms. The lowest BCUT2D eigenvalue weighted by Crippen LogP contribution is -2.38. The molecule has 1 aromatic heterocycles. The highest BCUT2D eigenvalue weighted by molar-refractivity contribution is 5.99. The van der Waals surface area contributed by atoms with E-state index in [4.69, 9.17) is 10.3 Å². The number of anilines is 1. The molecule has 0 saturated carbocycles. The van der Waals surface area contributed by atoms with Gasteiger partial charge in [0.1, 0.15) is 0 Å². The van der Waals surface area contributed by atoms with Crippen LogP contribution >= 0.6 is 0 Å². The van der Waals surface area contributed by atoms with Crippen molar-refractivity contribution >= 4 is 11.6 Å². The number of amides is 1. The number of likely N-dealkylation sites (tertiary alicyclic amines) is 1. The maximum atomic E-state index is 12.5. The number of carbonyl (C=O) groups excluding carboxylic acids is 1. The van der Waals surface area contributed by atoms with Crippen LogP contribution in [0.3, 0.4) is 0 Å². The van der Waals surface area contributed by atoms with E-state index < -0.39 is 0 Å². The second-order valence-corrected chi connectivity index (χ2v) is 5.33. The number of hydrogen-bond acceptors (Lipinski definition) is 5. The SMILES string of the molecule is Cc1noc(C2CCN(C(=O)c3ccccc3N)CC2)n1. The van der Waals surface area contributed by atoms with Crippen LogP contribution in [0.1, 0.15) is 40.8 Å². The molecule has 2 aromatic rings. The standard InChI is InChI=1S/C15H18N4O2/c1-10-17-14(21-18-10)11-6-8-19(9-7-11)15(20)12-4-2-3-5-13(12)16/h2-5,11H,6-9,16H2,1H3. The van der Waals surface area contributed by atoms with E-state index >= 15 is 0 Å². The molecule has 2 heterocycles. The third kappa shape index (κ3) is 2.74. The van der Waals surface area contributed by atoms with E-state index in [1.54, 1.807) is 12.1 Å². The van der Waals surface area contributed by atoms with Gasteiger partial charge in [0.05, 0.1) is 5.56 Å². The summed E-state index contributed by atoms with van der Waals surface area (Å²) in [5.41, 5.74) is 6.97. The molecule has 1 amide bonds. The molecular formula is C15H18N4O2. The monoisotopic (exact) mass is 286 g/mol. The summed E-state index contributed by atoms with van der Waals surface area (Å²) in [5, 5.41) is 3.82. The molecule has 1 aromatic carbocycles. The van der Waals surface area contributed by atoms with Crippen LogP contribution < -0.4 is 5.73 Å². The zero-order valence-electron chi connectivity index (χ0n) is 12.0. The fourth-order valence-corrected chi connectivity index (χ4v) is 2.67. The number of nitrogens with two attached hydrogens (primary N) is 1. The maximum Gasteiger partial charge on any atom is 0.255 e. The van der Waals surface area contributed by atoms with Crippen molar-refractivity contribution in [2.45, 2.75) is 25.7 Å². The molecule has 0 aliphatic carbocycles. The average molecular weight is 286 g/mol. The van der Waals surface area contributed by atoms with Gasteiger partial charge in [0, 0.05) is 24.7 Å². The Hall–Kier alpha value is -2.37. The van der Waals surface area contributed by atoms with E-state index in [9.17, 15) is 4.79 Å². The summed E-state index contributed by atoms with van der Waals surface area (Å²) in [6, 6.07) is 7.18. The molecule has 0 spiro atoms. The van der Waals surface area contributed by atoms with Gasteiger partial charge in [-0.15, -0.1) is 0 Å². The average Bonchev–Trinajstić information content (AvgIpc) is 2.94. The van der Waals surface area contributed by atoms with Gasteiger partial charge in [-0.25, -0.2) is 0 Å². The predicted octanol–water partition coefficient (Wildman–Crippen LogP) is 1.98. The minimum Gasteiger partial charge on any atom is -0.398 e. The predicted molar refractivity (Wildman–Crippen MR) is 77.8 cm³/mol. The highest BCUT2D eigenvalue weighted by Gasteiger charge is 2.28. The Kier molecular flexibility index (Phi) is 3.60. The van der Waals surface area contributed by atoms with Crippen molar-refractivity contribution in [2.24, 2.45) is 0 Å². The molecule has 1 saturated heterocycles. The summed E-state index contributed by atoms with van der Waals surface area (Å²) in [5.74, 6) is 1.57. The second kappa shape index (κ2) is 5.55. The van der Waals surface area contributed by atoms with Crippen LogP contribution in [0, 0.1) is 6.92 Å². The van der Waals surface area contributed by atoms with Gasteiger partial charge in [-0.3, -0.25) is 4.79 Å². The molecule has 0 bridgehead atoms. The van der Waals surface area contributed by atoms with Gasteiger partial charge >= 0.3 is 0 Å². The Morgan fingerprint density at radius 1 is 1.33 bits per heavy atom. The van der Waals surface area contributed by atoms with Crippen molar-refractivity contribution in [1.29, 1.82) is 0 Å². The van der Waals surface area contributed by atoms with Gasteiger partial charge in [0.15, 0.2) is 5.82 Å². The quantitative estimate of drug-likeness (QED) is 0.853. The Morgan fingerprint density at radius 3 is 2.67 bits per heavy atom. The summed E-state index contributed by atoms with van der Waals surface area (Å²) in [6.45, 7) is 3.17. The molecule has 0 radical (unpaired) electrons. The molecule has 6 heteroatoms. The first kappa shape index (κ1) is 13.6. The van der Waals surface area contributed by atoms with Crippen molar-refractivity contribution in [2.75, 3.05) is 18.8 Å². The molecule has 3 rings (SSSR count). The summed E-state index contributed by atoms with van der Waals surface area (Å²) in [6.07, 6.45) is 1.67. The lowest BCUT2D eigenvalue weighted by atomic mass is 9.96. The van der Waals surface area contributed by atoms with E-state index in [1.165, 1.54) is 0 Å². The van der Waals surface area contributed by atoms with Crippen molar-refractivity contribution in [3.05, 3.63) is 41.5 Å². The molecule has 0 atom stereocenters. The molecule has 2 N–H and O–H groups in total. The number of benzene rings is 1. The van der Waals surface area contributed by atoms with Gasteiger partial charge < -0.3 is 15.2 Å². The highest BCUT2D eigenvalue weighted by atomic mass is 16.5. The number of nitrogen functional groups attached to an aromatic ring is 1. The smallest absolute Gasteiger partial charge is 0.255 e. The van der Waals surface area contributed by atoms with Crippen LogP contribution in [-0.4, -0.2) is 34.0 Å². The number of para-hydroxylation sites is 1. The van der Waals surface area contributed by atoms with Crippen LogP contribution in [0.25, 0.3) is 0 Å². The summed E-state index contributed by atoms with van der Waals surface area (Å²) >= 11 is 0. The van der Waals surface area contributed by atoms with E-state index in [0.717, 1.165) is 12.8 Å². The lowest BCUT2D eigenvalue weighted by Gasteiger charge is -2.30. The fourth-order valence-electron chi connectivity index (χ4n) is 2.67. The summed E-state index contributed by atoms with van der Waals surface area (Å²) in [4.78, 5) is 18.6. The number of rotatable bonds is 2. The van der Waals surface area contributed by atoms with Crippen molar-refractivity contribution < 1.29 is 9.32 Å². The maximum absolute atomic E-state index is 12.5. The highest BCUT2D eigenvalue weighted by Crippen LogP contribution is 2.28. The second-order valence-electron chi connectivity index (χ2n) is 5.33. The van der Waals surface area contributed by atoms with Crippen LogP contribution in [0.15, 0.2) is 28.8 Å². The molecule has 1 fully saturated rings. The summed E-state index contributed by atoms with van der Waals surface area (Å²) in [7, 11) is 0. The van der Waals surface area contributed by atoms with Gasteiger partial charge in [-0.1, -0.05) is 17.3 Å². The van der Waals surface area contributed by atoms with Crippen molar-refractivity contribution in [1.82, 2.24) is 15.0 Å². The molecular weight excluding hydrogens is 268 g/mol. The van der Waals surface area contributed by atoms with Crippen LogP contribution in [0.5, 0.6) is 0 Å². The third-order valence-electron chi connectivity index (χ3n) is 3.87. The molecule has 1 aliphatic heterocycles. The van der Waals surface area contributed by atoms with Gasteiger partial charge in [-0.05, 0) is 31.9 Å². The van der Waals surface area contributed by atoms with Crippen molar-refractivity contribution in [3.8, 4) is 0 Å². The zero-order chi connectivity index (χ0) is 14.8. The number of aryl methyl sites for hydroxylation is 1. The van der Waals surface area contributed by atoms with Crippen LogP contribution in [0.2, 0.25) is 0 Å². The van der Waals surface area contributed by atoms with Gasteiger partial charge in [0.2, 0.25) is 5.89 Å². The van der Waals surface area contributed by atoms with E-state index in [2.05, 4.69) is 10.1 Å². The van der Waals surface area contributed by atoms with E-state index in [1.807, 2.05) is 24.0 Å². The van der Waals surface area contributed by atoms with Crippen LogP contribution in [0.4, 0.5) is 5.69 Å². The van der Waals surface area contributed by atoms with Gasteiger partial charge in [-0.2, -0.15) is 4.98 Å². The normalized spacial score (nSPS) is 16.1. The van der Waals surface area contributed by atoms with Gasteiger partial charge in [0.25, 0.3) is 5.91 Å². The van der Waals surface area contributed by atoms with E-state index in [-0.39, 0.29) is 11.8 Å². The lowest BCUT2D eigenvalue weighted by molar-refractivity contribution is 0.0705. The number of hydrogen-bond donors (Lipinski definition) is 1. The fraction of sp³-hybridized carbons (Fsp3) is 0.400. The Morgan fingerprint density at radius 2 is 2.05 bits per heavy atom. The molecule has 110 valence electrons. The number of piperidine rings is 1. The molecule has 6 nitrogen and oxygen atoms in total. The first-order chi connectivity index (χ1) is 10.1. The Bertz CT molecular complexity index is 645. The first-order valence-corrected chi connectivity index (χ1v) is 7.09. The largest absolute Gasteiger partial charge is 0.398 e. The Labute approximate surface area is 122 Å². The minimum atomic E-state index is -0.00624.